The molecule has 0 N–H and O–H groups in total. The average Bonchev–Trinajstić information content (AvgIpc) is 2.79. The first-order valence-electron chi connectivity index (χ1n) is 7.63. The summed E-state index contributed by atoms with van der Waals surface area (Å²) in [7, 11) is 2.59. The Kier molecular flexibility index (Phi) is 4.88. The summed E-state index contributed by atoms with van der Waals surface area (Å²) in [6.07, 6.45) is 4.27. The number of carbonyl (C=O) groups is 2. The zero-order chi connectivity index (χ0) is 16.3. The monoisotopic (exact) mass is 309 g/mol. The van der Waals surface area contributed by atoms with Gasteiger partial charge in [-0.15, -0.1) is 0 Å². The molecule has 0 saturated heterocycles. The Morgan fingerprint density at radius 1 is 1.05 bits per heavy atom. The zero-order valence-corrected chi connectivity index (χ0v) is 13.6. The van der Waals surface area contributed by atoms with Gasteiger partial charge in [-0.2, -0.15) is 0 Å². The highest BCUT2D eigenvalue weighted by Crippen LogP contribution is 2.44. The van der Waals surface area contributed by atoms with Crippen molar-refractivity contribution in [3.8, 4) is 0 Å². The van der Waals surface area contributed by atoms with E-state index >= 15 is 0 Å². The first-order chi connectivity index (χ1) is 10.4. The molecule has 2 aliphatic rings. The number of aliphatic imine (C=N–C) groups is 1. The van der Waals surface area contributed by atoms with Gasteiger partial charge in [-0.1, -0.05) is 19.3 Å². The van der Waals surface area contributed by atoms with Gasteiger partial charge in [0.2, 0.25) is 5.90 Å². The Labute approximate surface area is 130 Å². The van der Waals surface area contributed by atoms with Gasteiger partial charge in [0, 0.05) is 0 Å². The van der Waals surface area contributed by atoms with Gasteiger partial charge in [0.15, 0.2) is 0 Å². The van der Waals surface area contributed by atoms with E-state index in [1.165, 1.54) is 14.2 Å². The molecule has 0 atom stereocenters. The second-order valence-electron chi connectivity index (χ2n) is 5.91. The van der Waals surface area contributed by atoms with Gasteiger partial charge in [0.05, 0.1) is 31.4 Å². The normalized spacial score (nSPS) is 20.1. The maximum atomic E-state index is 12.3. The molecule has 0 bridgehead atoms. The Bertz CT molecular complexity index is 527. The highest BCUT2D eigenvalue weighted by Gasteiger charge is 2.50. The van der Waals surface area contributed by atoms with E-state index in [0.717, 1.165) is 19.3 Å². The zero-order valence-electron chi connectivity index (χ0n) is 13.6. The summed E-state index contributed by atoms with van der Waals surface area (Å²) in [6.45, 7) is 3.70. The molecule has 6 nitrogen and oxygen atoms in total. The summed E-state index contributed by atoms with van der Waals surface area (Å²) >= 11 is 0. The summed E-state index contributed by atoms with van der Waals surface area (Å²) < 4.78 is 15.4. The van der Waals surface area contributed by atoms with Crippen LogP contribution in [0.15, 0.2) is 16.1 Å². The number of hydrogen-bond acceptors (Lipinski definition) is 6. The summed E-state index contributed by atoms with van der Waals surface area (Å²) in [5.74, 6) is -0.945. The van der Waals surface area contributed by atoms with E-state index < -0.39 is 17.5 Å². The number of methoxy groups -OCH3 is 2. The van der Waals surface area contributed by atoms with Crippen LogP contribution in [0.25, 0.3) is 0 Å². The van der Waals surface area contributed by atoms with Gasteiger partial charge in [-0.25, -0.2) is 14.6 Å². The lowest BCUT2D eigenvalue weighted by Crippen LogP contribution is -2.35. The van der Waals surface area contributed by atoms with Crippen LogP contribution in [0.3, 0.4) is 0 Å². The third-order valence-corrected chi connectivity index (χ3v) is 4.05. The van der Waals surface area contributed by atoms with Crippen LogP contribution in [0.4, 0.5) is 0 Å². The second kappa shape index (κ2) is 6.50. The Hall–Kier alpha value is -1.85. The molecule has 0 radical (unpaired) electrons. The molecule has 0 aromatic carbocycles. The van der Waals surface area contributed by atoms with Gasteiger partial charge < -0.3 is 14.2 Å². The SMILES string of the molecule is COC(=O)C1=C(C(=O)OC)C2(CCCCC2)N=C1OC(C)C. The predicted octanol–water partition coefficient (Wildman–Crippen LogP) is 2.17. The summed E-state index contributed by atoms with van der Waals surface area (Å²) in [4.78, 5) is 29.2. The Morgan fingerprint density at radius 2 is 1.64 bits per heavy atom. The number of nitrogens with zero attached hydrogens (tertiary/aromatic N) is 1. The molecule has 2 rings (SSSR count). The highest BCUT2D eigenvalue weighted by molar-refractivity contribution is 6.23. The third-order valence-electron chi connectivity index (χ3n) is 4.05. The fourth-order valence-electron chi connectivity index (χ4n) is 3.14. The molecule has 122 valence electrons. The topological polar surface area (TPSA) is 74.2 Å². The van der Waals surface area contributed by atoms with E-state index in [9.17, 15) is 9.59 Å². The third kappa shape index (κ3) is 2.87. The van der Waals surface area contributed by atoms with Crippen molar-refractivity contribution in [3.05, 3.63) is 11.1 Å². The molecular formula is C16H23NO5. The minimum atomic E-state index is -0.709. The van der Waals surface area contributed by atoms with Crippen molar-refractivity contribution in [2.24, 2.45) is 4.99 Å². The first-order valence-corrected chi connectivity index (χ1v) is 7.63. The molecule has 0 amide bonds. The van der Waals surface area contributed by atoms with Gasteiger partial charge in [0.1, 0.15) is 5.57 Å². The van der Waals surface area contributed by atoms with E-state index in [-0.39, 0.29) is 23.1 Å². The van der Waals surface area contributed by atoms with E-state index in [1.807, 2.05) is 13.8 Å². The molecular weight excluding hydrogens is 286 g/mol. The van der Waals surface area contributed by atoms with Crippen LogP contribution in [0.5, 0.6) is 0 Å². The van der Waals surface area contributed by atoms with E-state index in [2.05, 4.69) is 4.99 Å². The summed E-state index contributed by atoms with van der Waals surface area (Å²) in [5.41, 5.74) is -0.304. The van der Waals surface area contributed by atoms with Crippen LogP contribution < -0.4 is 0 Å². The Morgan fingerprint density at radius 3 is 2.14 bits per heavy atom. The van der Waals surface area contributed by atoms with Crippen molar-refractivity contribution in [2.75, 3.05) is 14.2 Å². The van der Waals surface area contributed by atoms with Crippen molar-refractivity contribution in [1.29, 1.82) is 0 Å². The molecule has 1 aliphatic carbocycles. The van der Waals surface area contributed by atoms with Crippen LogP contribution in [-0.2, 0) is 23.8 Å². The number of hydrogen-bond donors (Lipinski definition) is 0. The summed E-state index contributed by atoms with van der Waals surface area (Å²) in [5, 5.41) is 0. The van der Waals surface area contributed by atoms with Crippen molar-refractivity contribution in [3.63, 3.8) is 0 Å². The predicted molar refractivity (Wildman–Crippen MR) is 80.5 cm³/mol. The number of esters is 2. The summed E-state index contributed by atoms with van der Waals surface area (Å²) in [6, 6.07) is 0. The number of carbonyl (C=O) groups excluding carboxylic acids is 2. The highest BCUT2D eigenvalue weighted by atomic mass is 16.5. The van der Waals surface area contributed by atoms with Crippen LogP contribution >= 0.6 is 0 Å². The maximum Gasteiger partial charge on any atom is 0.344 e. The molecule has 1 spiro atoms. The van der Waals surface area contributed by atoms with Crippen molar-refractivity contribution >= 4 is 17.8 Å². The van der Waals surface area contributed by atoms with E-state index in [1.54, 1.807) is 0 Å². The molecule has 1 fully saturated rings. The molecule has 0 aromatic heterocycles. The van der Waals surface area contributed by atoms with Gasteiger partial charge in [0.25, 0.3) is 0 Å². The van der Waals surface area contributed by atoms with Crippen LogP contribution in [-0.4, -0.2) is 43.7 Å². The molecule has 1 saturated carbocycles. The van der Waals surface area contributed by atoms with Crippen molar-refractivity contribution in [1.82, 2.24) is 0 Å². The molecule has 0 aromatic rings. The van der Waals surface area contributed by atoms with Gasteiger partial charge in [-0.3, -0.25) is 0 Å². The lowest BCUT2D eigenvalue weighted by Gasteiger charge is -2.31. The van der Waals surface area contributed by atoms with Gasteiger partial charge in [-0.05, 0) is 26.7 Å². The van der Waals surface area contributed by atoms with Crippen LogP contribution in [0, 0.1) is 0 Å². The molecule has 6 heteroatoms. The minimum absolute atomic E-state index is 0.116. The van der Waals surface area contributed by atoms with E-state index in [4.69, 9.17) is 14.2 Å². The molecule has 0 unspecified atom stereocenters. The second-order valence-corrected chi connectivity index (χ2v) is 5.91. The van der Waals surface area contributed by atoms with Crippen molar-refractivity contribution < 1.29 is 23.8 Å². The average molecular weight is 309 g/mol. The Balaban J connectivity index is 2.57. The smallest absolute Gasteiger partial charge is 0.344 e. The van der Waals surface area contributed by atoms with Crippen LogP contribution in [0.1, 0.15) is 46.0 Å². The van der Waals surface area contributed by atoms with Gasteiger partial charge >= 0.3 is 11.9 Å². The quantitative estimate of drug-likeness (QED) is 0.747. The minimum Gasteiger partial charge on any atom is -0.475 e. The van der Waals surface area contributed by atoms with E-state index in [0.29, 0.717) is 12.8 Å². The van der Waals surface area contributed by atoms with Crippen LogP contribution in [0.2, 0.25) is 0 Å². The fourth-order valence-corrected chi connectivity index (χ4v) is 3.14. The standard InChI is InChI=1S/C16H23NO5/c1-10(2)22-13-11(14(18)20-3)12(15(19)21-4)16(17-13)8-6-5-7-9-16/h10H,5-9H2,1-4H3. The fraction of sp³-hybridized carbons (Fsp3) is 0.688. The maximum absolute atomic E-state index is 12.3. The molecule has 1 aliphatic heterocycles. The number of rotatable bonds is 3. The number of ether oxygens (including phenoxy) is 3. The largest absolute Gasteiger partial charge is 0.475 e. The van der Waals surface area contributed by atoms with Crippen molar-refractivity contribution in [2.45, 2.75) is 57.6 Å². The lowest BCUT2D eigenvalue weighted by atomic mass is 9.76. The molecule has 22 heavy (non-hydrogen) atoms. The lowest BCUT2D eigenvalue weighted by molar-refractivity contribution is -0.139. The molecule has 1 heterocycles. The first kappa shape index (κ1) is 16.5.